The van der Waals surface area contributed by atoms with Crippen LogP contribution in [0.2, 0.25) is 0 Å². The average molecular weight is 311 g/mol. The number of carbonyl (C=O) groups is 3. The molecule has 1 aliphatic carbocycles. The maximum atomic E-state index is 12.2. The molecule has 2 unspecified atom stereocenters. The maximum Gasteiger partial charge on any atom is 0.426 e. The fraction of sp³-hybridized carbons (Fsp3) is 0.800. The van der Waals surface area contributed by atoms with Crippen LogP contribution in [0.3, 0.4) is 0 Å². The van der Waals surface area contributed by atoms with E-state index < -0.39 is 17.6 Å². The second kappa shape index (κ2) is 6.14. The van der Waals surface area contributed by atoms with Crippen LogP contribution in [0.25, 0.3) is 0 Å². The third kappa shape index (κ3) is 4.61. The molecule has 3 amide bonds. The zero-order valence-corrected chi connectivity index (χ0v) is 13.6. The lowest BCUT2D eigenvalue weighted by molar-refractivity contribution is -0.131. The number of rotatable bonds is 4. The number of amides is 3. The minimum Gasteiger partial charge on any atom is -0.443 e. The number of ether oxygens (including phenoxy) is 1. The summed E-state index contributed by atoms with van der Waals surface area (Å²) in [6, 6.07) is 0.149. The molecule has 0 radical (unpaired) electrons. The molecule has 22 heavy (non-hydrogen) atoms. The molecule has 2 rings (SSSR count). The van der Waals surface area contributed by atoms with Crippen molar-refractivity contribution < 1.29 is 19.1 Å². The molecule has 0 aromatic carbocycles. The normalized spacial score (nSPS) is 23.2. The van der Waals surface area contributed by atoms with E-state index in [9.17, 15) is 14.4 Å². The summed E-state index contributed by atoms with van der Waals surface area (Å²) in [6.07, 6.45) is 1.72. The first kappa shape index (κ1) is 16.6. The van der Waals surface area contributed by atoms with Crippen LogP contribution in [-0.2, 0) is 14.3 Å². The third-order valence-corrected chi connectivity index (χ3v) is 3.82. The Bertz CT molecular complexity index is 468. The van der Waals surface area contributed by atoms with Gasteiger partial charge in [0.2, 0.25) is 11.8 Å². The van der Waals surface area contributed by atoms with Gasteiger partial charge in [0, 0.05) is 12.5 Å². The number of nitrogens with one attached hydrogen (secondary N) is 2. The summed E-state index contributed by atoms with van der Waals surface area (Å²) in [5, 5.41) is 4.12. The van der Waals surface area contributed by atoms with Crippen molar-refractivity contribution in [1.82, 2.24) is 15.8 Å². The van der Waals surface area contributed by atoms with E-state index in [1.807, 2.05) is 6.92 Å². The van der Waals surface area contributed by atoms with Crippen LogP contribution in [0.1, 0.15) is 47.0 Å². The van der Waals surface area contributed by atoms with E-state index in [0.29, 0.717) is 5.92 Å². The highest BCUT2D eigenvalue weighted by molar-refractivity contribution is 5.90. The summed E-state index contributed by atoms with van der Waals surface area (Å²) < 4.78 is 5.10. The molecular formula is C15H25N3O4. The SMILES string of the molecule is CC(NC(=O)C1CC(=O)N(NC(=O)OC(C)(C)C)C1)C1CC1. The summed E-state index contributed by atoms with van der Waals surface area (Å²) in [7, 11) is 0. The molecule has 2 fully saturated rings. The number of hydrogen-bond acceptors (Lipinski definition) is 4. The lowest BCUT2D eigenvalue weighted by Gasteiger charge is -2.23. The van der Waals surface area contributed by atoms with Gasteiger partial charge in [-0.25, -0.2) is 10.2 Å². The molecule has 0 aromatic heterocycles. The monoisotopic (exact) mass is 311 g/mol. The summed E-state index contributed by atoms with van der Waals surface area (Å²) in [6.45, 7) is 7.40. The van der Waals surface area contributed by atoms with Crippen LogP contribution in [0, 0.1) is 11.8 Å². The molecule has 7 heteroatoms. The van der Waals surface area contributed by atoms with Gasteiger partial charge >= 0.3 is 6.09 Å². The predicted molar refractivity (Wildman–Crippen MR) is 79.5 cm³/mol. The summed E-state index contributed by atoms with van der Waals surface area (Å²) in [5.41, 5.74) is 1.77. The highest BCUT2D eigenvalue weighted by Crippen LogP contribution is 2.32. The second-order valence-corrected chi connectivity index (χ2v) is 7.15. The second-order valence-electron chi connectivity index (χ2n) is 7.15. The highest BCUT2D eigenvalue weighted by Gasteiger charge is 2.38. The van der Waals surface area contributed by atoms with E-state index >= 15 is 0 Å². The quantitative estimate of drug-likeness (QED) is 0.816. The number of carbonyl (C=O) groups excluding carboxylic acids is 3. The molecular weight excluding hydrogens is 286 g/mol. The molecule has 0 bridgehead atoms. The first-order valence-corrected chi connectivity index (χ1v) is 7.76. The number of hydrogen-bond donors (Lipinski definition) is 2. The molecule has 1 aliphatic heterocycles. The Morgan fingerprint density at radius 2 is 1.95 bits per heavy atom. The van der Waals surface area contributed by atoms with Crippen molar-refractivity contribution in [2.75, 3.05) is 6.54 Å². The van der Waals surface area contributed by atoms with E-state index in [2.05, 4.69) is 10.7 Å². The Kier molecular flexibility index (Phi) is 4.63. The van der Waals surface area contributed by atoms with Gasteiger partial charge in [-0.15, -0.1) is 0 Å². The smallest absolute Gasteiger partial charge is 0.426 e. The van der Waals surface area contributed by atoms with Crippen LogP contribution in [0.4, 0.5) is 4.79 Å². The topological polar surface area (TPSA) is 87.7 Å². The first-order valence-electron chi connectivity index (χ1n) is 7.76. The van der Waals surface area contributed by atoms with E-state index in [4.69, 9.17) is 4.74 Å². The maximum absolute atomic E-state index is 12.2. The van der Waals surface area contributed by atoms with Crippen LogP contribution >= 0.6 is 0 Å². The zero-order valence-electron chi connectivity index (χ0n) is 13.6. The fourth-order valence-corrected chi connectivity index (χ4v) is 2.46. The molecule has 0 spiro atoms. The number of hydrazine groups is 1. The van der Waals surface area contributed by atoms with Crippen LogP contribution in [0.5, 0.6) is 0 Å². The van der Waals surface area contributed by atoms with Crippen molar-refractivity contribution in [2.45, 2.75) is 58.6 Å². The van der Waals surface area contributed by atoms with E-state index in [-0.39, 0.29) is 30.8 Å². The molecule has 1 heterocycles. The summed E-state index contributed by atoms with van der Waals surface area (Å²) >= 11 is 0. The molecule has 2 atom stereocenters. The van der Waals surface area contributed by atoms with E-state index in [0.717, 1.165) is 12.8 Å². The van der Waals surface area contributed by atoms with E-state index in [1.54, 1.807) is 20.8 Å². The van der Waals surface area contributed by atoms with Gasteiger partial charge in [-0.2, -0.15) is 0 Å². The first-order chi connectivity index (χ1) is 10.2. The van der Waals surface area contributed by atoms with Gasteiger partial charge in [0.1, 0.15) is 5.60 Å². The lowest BCUT2D eigenvalue weighted by Crippen LogP contribution is -2.46. The van der Waals surface area contributed by atoms with Gasteiger partial charge in [-0.05, 0) is 46.5 Å². The van der Waals surface area contributed by atoms with Crippen LogP contribution < -0.4 is 10.7 Å². The molecule has 2 N–H and O–H groups in total. The van der Waals surface area contributed by atoms with Gasteiger partial charge in [0.15, 0.2) is 0 Å². The Balaban J connectivity index is 1.82. The van der Waals surface area contributed by atoms with Crippen molar-refractivity contribution in [3.8, 4) is 0 Å². The van der Waals surface area contributed by atoms with Crippen molar-refractivity contribution in [3.63, 3.8) is 0 Å². The van der Waals surface area contributed by atoms with Crippen molar-refractivity contribution in [1.29, 1.82) is 0 Å². The van der Waals surface area contributed by atoms with Crippen LogP contribution in [0.15, 0.2) is 0 Å². The Morgan fingerprint density at radius 1 is 1.32 bits per heavy atom. The molecule has 2 aliphatic rings. The van der Waals surface area contributed by atoms with Gasteiger partial charge in [0.25, 0.3) is 0 Å². The Hall–Kier alpha value is -1.79. The predicted octanol–water partition coefficient (Wildman–Crippen LogP) is 1.19. The molecule has 1 saturated carbocycles. The molecule has 1 saturated heterocycles. The third-order valence-electron chi connectivity index (χ3n) is 3.82. The van der Waals surface area contributed by atoms with Crippen LogP contribution in [-0.4, -0.2) is 41.1 Å². The lowest BCUT2D eigenvalue weighted by atomic mass is 10.1. The molecule has 7 nitrogen and oxygen atoms in total. The molecule has 0 aromatic rings. The van der Waals surface area contributed by atoms with Gasteiger partial charge in [0.05, 0.1) is 12.5 Å². The fourth-order valence-electron chi connectivity index (χ4n) is 2.46. The van der Waals surface area contributed by atoms with Gasteiger partial charge in [-0.1, -0.05) is 0 Å². The largest absolute Gasteiger partial charge is 0.443 e. The van der Waals surface area contributed by atoms with Gasteiger partial charge < -0.3 is 10.1 Å². The van der Waals surface area contributed by atoms with Crippen molar-refractivity contribution in [2.24, 2.45) is 11.8 Å². The van der Waals surface area contributed by atoms with Crippen molar-refractivity contribution in [3.05, 3.63) is 0 Å². The summed E-state index contributed by atoms with van der Waals surface area (Å²) in [5.74, 6) is -0.257. The van der Waals surface area contributed by atoms with E-state index in [1.165, 1.54) is 5.01 Å². The summed E-state index contributed by atoms with van der Waals surface area (Å²) in [4.78, 5) is 35.7. The Labute approximate surface area is 130 Å². The minimum absolute atomic E-state index is 0.110. The Morgan fingerprint density at radius 3 is 2.50 bits per heavy atom. The highest BCUT2D eigenvalue weighted by atomic mass is 16.6. The zero-order chi connectivity index (χ0) is 16.5. The number of nitrogens with zero attached hydrogens (tertiary/aromatic N) is 1. The minimum atomic E-state index is -0.687. The van der Waals surface area contributed by atoms with Crippen molar-refractivity contribution >= 4 is 17.9 Å². The molecule has 124 valence electrons. The van der Waals surface area contributed by atoms with Gasteiger partial charge in [-0.3, -0.25) is 14.6 Å². The average Bonchev–Trinajstić information content (AvgIpc) is 3.13. The standard InChI is InChI=1S/C15H25N3O4/c1-9(10-5-6-10)16-13(20)11-7-12(19)18(8-11)17-14(21)22-15(2,3)4/h9-11H,5-8H2,1-4H3,(H,16,20)(H,17,21).